The molecule has 0 aliphatic carbocycles. The summed E-state index contributed by atoms with van der Waals surface area (Å²) in [5, 5.41) is 0. The number of halogens is 1. The van der Waals surface area contributed by atoms with Crippen LogP contribution in [0.2, 0.25) is 0 Å². The van der Waals surface area contributed by atoms with Crippen molar-refractivity contribution in [3.05, 3.63) is 15.4 Å². The highest BCUT2D eigenvalue weighted by Crippen LogP contribution is 2.33. The Balaban J connectivity index is 2.08. The molecule has 21 heavy (non-hydrogen) atoms. The fraction of sp³-hybridized carbons (Fsp3) is 0.636. The van der Waals surface area contributed by atoms with E-state index in [0.717, 1.165) is 15.6 Å². The number of thiophene rings is 1. The third-order valence-corrected chi connectivity index (χ3v) is 8.51. The summed E-state index contributed by atoms with van der Waals surface area (Å²) in [7, 11) is -6.74. The summed E-state index contributed by atoms with van der Waals surface area (Å²) in [6, 6.07) is 1.47. The van der Waals surface area contributed by atoms with Crippen LogP contribution in [0.1, 0.15) is 18.4 Å². The molecule has 2 heterocycles. The van der Waals surface area contributed by atoms with E-state index in [9.17, 15) is 16.8 Å². The Morgan fingerprint density at radius 3 is 2.29 bits per heavy atom. The summed E-state index contributed by atoms with van der Waals surface area (Å²) >= 11 is 4.54. The Bertz CT molecular complexity index is 699. The molecule has 1 aromatic heterocycles. The highest BCUT2D eigenvalue weighted by atomic mass is 79.9. The number of piperidine rings is 1. The molecule has 0 saturated carbocycles. The van der Waals surface area contributed by atoms with Crippen LogP contribution < -0.4 is 4.72 Å². The molecule has 2 rings (SSSR count). The van der Waals surface area contributed by atoms with Gasteiger partial charge in [0.1, 0.15) is 4.21 Å². The predicted molar refractivity (Wildman–Crippen MR) is 86.5 cm³/mol. The van der Waals surface area contributed by atoms with Gasteiger partial charge in [-0.2, -0.15) is 4.31 Å². The summed E-state index contributed by atoms with van der Waals surface area (Å²) in [6.45, 7) is 2.50. The maximum absolute atomic E-state index is 12.5. The molecular weight excluding hydrogens is 400 g/mol. The smallest absolute Gasteiger partial charge is 0.213 e. The third kappa shape index (κ3) is 4.26. The molecule has 0 bridgehead atoms. The van der Waals surface area contributed by atoms with Crippen molar-refractivity contribution >= 4 is 47.3 Å². The molecule has 1 aliphatic rings. The molecule has 10 heteroatoms. The predicted octanol–water partition coefficient (Wildman–Crippen LogP) is 1.52. The first kappa shape index (κ1) is 17.4. The van der Waals surface area contributed by atoms with Crippen molar-refractivity contribution in [3.8, 4) is 0 Å². The molecule has 6 nitrogen and oxygen atoms in total. The first-order valence-corrected chi connectivity index (χ1v) is 11.3. The highest BCUT2D eigenvalue weighted by Gasteiger charge is 2.31. The number of aryl methyl sites for hydroxylation is 1. The maximum atomic E-state index is 12.5. The van der Waals surface area contributed by atoms with Gasteiger partial charge in [0.15, 0.2) is 0 Å². The lowest BCUT2D eigenvalue weighted by atomic mass is 10.1. The summed E-state index contributed by atoms with van der Waals surface area (Å²) in [5.74, 6) is 0. The van der Waals surface area contributed by atoms with Gasteiger partial charge in [-0.25, -0.2) is 21.6 Å². The lowest BCUT2D eigenvalue weighted by Gasteiger charge is -2.30. The molecule has 1 aliphatic heterocycles. The number of hydrogen-bond acceptors (Lipinski definition) is 5. The van der Waals surface area contributed by atoms with E-state index < -0.39 is 20.0 Å². The molecule has 0 aromatic carbocycles. The van der Waals surface area contributed by atoms with Crippen molar-refractivity contribution in [1.82, 2.24) is 9.03 Å². The van der Waals surface area contributed by atoms with Gasteiger partial charge in [-0.15, -0.1) is 11.3 Å². The summed E-state index contributed by atoms with van der Waals surface area (Å²) in [4.78, 5) is 0. The monoisotopic (exact) mass is 416 g/mol. The summed E-state index contributed by atoms with van der Waals surface area (Å²) < 4.78 is 52.5. The van der Waals surface area contributed by atoms with Gasteiger partial charge in [0.25, 0.3) is 10.0 Å². The van der Waals surface area contributed by atoms with Crippen LogP contribution in [-0.4, -0.2) is 46.5 Å². The fourth-order valence-corrected chi connectivity index (χ4v) is 6.89. The molecule has 1 saturated heterocycles. The van der Waals surface area contributed by atoms with Gasteiger partial charge >= 0.3 is 0 Å². The standard InChI is InChI=1S/C11H17BrN2O4S3/c1-8-7-10(19-11(8)12)21(17,18)14-5-3-9(4-6-14)13-20(2,15)16/h7,9,13H,3-6H2,1-2H3. The molecule has 1 N–H and O–H groups in total. The average molecular weight is 417 g/mol. The van der Waals surface area contributed by atoms with Crippen molar-refractivity contribution in [3.63, 3.8) is 0 Å². The zero-order valence-electron chi connectivity index (χ0n) is 11.7. The van der Waals surface area contributed by atoms with E-state index in [2.05, 4.69) is 20.7 Å². The molecule has 1 fully saturated rings. The summed E-state index contributed by atoms with van der Waals surface area (Å²) in [6.07, 6.45) is 2.08. The van der Waals surface area contributed by atoms with E-state index in [-0.39, 0.29) is 6.04 Å². The van der Waals surface area contributed by atoms with Crippen molar-refractivity contribution < 1.29 is 16.8 Å². The van der Waals surface area contributed by atoms with E-state index in [0.29, 0.717) is 30.1 Å². The minimum Gasteiger partial charge on any atom is -0.213 e. The Morgan fingerprint density at radius 2 is 1.86 bits per heavy atom. The SMILES string of the molecule is Cc1cc(S(=O)(=O)N2CCC(NS(C)(=O)=O)CC2)sc1Br. The van der Waals surface area contributed by atoms with Crippen LogP contribution >= 0.6 is 27.3 Å². The molecule has 0 spiro atoms. The molecule has 0 unspecified atom stereocenters. The molecule has 0 radical (unpaired) electrons. The summed E-state index contributed by atoms with van der Waals surface area (Å²) in [5.41, 5.74) is 0.896. The van der Waals surface area contributed by atoms with Gasteiger partial charge in [-0.05, 0) is 47.3 Å². The van der Waals surface area contributed by atoms with Gasteiger partial charge in [-0.3, -0.25) is 0 Å². The number of sulfonamides is 2. The number of nitrogens with zero attached hydrogens (tertiary/aromatic N) is 1. The first-order chi connectivity index (χ1) is 9.59. The minimum atomic E-state index is -3.49. The van der Waals surface area contributed by atoms with Crippen LogP contribution in [0.15, 0.2) is 14.1 Å². The van der Waals surface area contributed by atoms with E-state index >= 15 is 0 Å². The maximum Gasteiger partial charge on any atom is 0.252 e. The van der Waals surface area contributed by atoms with Crippen molar-refractivity contribution in [2.75, 3.05) is 19.3 Å². The van der Waals surface area contributed by atoms with Crippen molar-refractivity contribution in [2.45, 2.75) is 30.0 Å². The van der Waals surface area contributed by atoms with Crippen LogP contribution in [0.25, 0.3) is 0 Å². The molecule has 0 amide bonds. The lowest BCUT2D eigenvalue weighted by Crippen LogP contribution is -2.46. The highest BCUT2D eigenvalue weighted by molar-refractivity contribution is 9.11. The van der Waals surface area contributed by atoms with Crippen molar-refractivity contribution in [2.24, 2.45) is 0 Å². The second kappa shape index (κ2) is 6.25. The molecule has 1 aromatic rings. The normalized spacial score (nSPS) is 19.0. The van der Waals surface area contributed by atoms with Gasteiger partial charge in [0.05, 0.1) is 10.0 Å². The molecule has 120 valence electrons. The zero-order valence-corrected chi connectivity index (χ0v) is 15.7. The van der Waals surface area contributed by atoms with Crippen LogP contribution in [-0.2, 0) is 20.0 Å². The Morgan fingerprint density at radius 1 is 1.29 bits per heavy atom. The number of hydrogen-bond donors (Lipinski definition) is 1. The topological polar surface area (TPSA) is 83.6 Å². The third-order valence-electron chi connectivity index (χ3n) is 3.26. The van der Waals surface area contributed by atoms with E-state index in [4.69, 9.17) is 0 Å². The van der Waals surface area contributed by atoms with Gasteiger partial charge in [0, 0.05) is 19.1 Å². The van der Waals surface area contributed by atoms with Crippen LogP contribution in [0.3, 0.4) is 0 Å². The second-order valence-corrected chi connectivity index (χ2v) is 11.4. The number of nitrogens with one attached hydrogen (secondary N) is 1. The Hall–Kier alpha value is -0.000000000000000111. The lowest BCUT2D eigenvalue weighted by molar-refractivity contribution is 0.309. The van der Waals surface area contributed by atoms with Crippen LogP contribution in [0.4, 0.5) is 0 Å². The average Bonchev–Trinajstić information content (AvgIpc) is 2.69. The fourth-order valence-electron chi connectivity index (χ4n) is 2.20. The zero-order chi connectivity index (χ0) is 15.8. The number of rotatable bonds is 4. The van der Waals surface area contributed by atoms with Gasteiger partial charge in [0.2, 0.25) is 10.0 Å². The van der Waals surface area contributed by atoms with Gasteiger partial charge < -0.3 is 0 Å². The van der Waals surface area contributed by atoms with E-state index in [1.807, 2.05) is 6.92 Å². The van der Waals surface area contributed by atoms with E-state index in [1.165, 1.54) is 15.6 Å². The van der Waals surface area contributed by atoms with Crippen LogP contribution in [0.5, 0.6) is 0 Å². The van der Waals surface area contributed by atoms with E-state index in [1.54, 1.807) is 6.07 Å². The Labute approximate surface area is 137 Å². The first-order valence-electron chi connectivity index (χ1n) is 6.33. The largest absolute Gasteiger partial charge is 0.252 e. The minimum absolute atomic E-state index is 0.191. The molecule has 0 atom stereocenters. The quantitative estimate of drug-likeness (QED) is 0.805. The second-order valence-electron chi connectivity index (χ2n) is 5.09. The molecular formula is C11H17BrN2O4S3. The van der Waals surface area contributed by atoms with Crippen LogP contribution in [0, 0.1) is 6.92 Å². The van der Waals surface area contributed by atoms with Crippen molar-refractivity contribution in [1.29, 1.82) is 0 Å². The Kier molecular flexibility index (Phi) is 5.16. The van der Waals surface area contributed by atoms with Gasteiger partial charge in [-0.1, -0.05) is 0 Å².